The van der Waals surface area contributed by atoms with E-state index in [0.717, 1.165) is 6.33 Å². The van der Waals surface area contributed by atoms with Gasteiger partial charge >= 0.3 is 15.2 Å². The fourth-order valence-corrected chi connectivity index (χ4v) is 4.42. The summed E-state index contributed by atoms with van der Waals surface area (Å²) in [7, 11) is -11.0. The van der Waals surface area contributed by atoms with E-state index in [4.69, 9.17) is 20.3 Å². The van der Waals surface area contributed by atoms with Crippen LogP contribution in [0.1, 0.15) is 6.23 Å². The van der Waals surface area contributed by atoms with Gasteiger partial charge in [0.05, 0.1) is 6.33 Å². The lowest BCUT2D eigenvalue weighted by atomic mass is 10.1. The van der Waals surface area contributed by atoms with Gasteiger partial charge < -0.3 is 45.4 Å². The summed E-state index contributed by atoms with van der Waals surface area (Å²) in [6.07, 6.45) is -6.46. The van der Waals surface area contributed by atoms with Crippen LogP contribution in [0.4, 0.5) is 5.95 Å². The maximum absolute atomic E-state index is 11.9. The van der Waals surface area contributed by atoms with E-state index in [1.807, 2.05) is 0 Å². The van der Waals surface area contributed by atoms with Gasteiger partial charge in [-0.1, -0.05) is 0 Å². The molecule has 1 aliphatic heterocycles. The molecule has 0 aliphatic carbocycles. The number of hydrogen-bond acceptors (Lipinski definition) is 10. The van der Waals surface area contributed by atoms with Crippen molar-refractivity contribution < 1.29 is 48.8 Å². The number of nitrogens with two attached hydrogens (primary N) is 1. The number of anilines is 1. The standard InChI is InChI=1S/C10H15N5O11P2/c11-9-13-5-2(6(17)14-9)12-1-15(5)8-10(19,28(23,24)25)4(16)3(26-8)7(18)27(20,21)22/h1,3-4,7-8,16,18-19H,(H2,20,21,22)(H2,23,24,25)(H3,11,13,14,17)/t3-,4+,7?,8+,10-/m0/s1. The number of aliphatic hydroxyl groups excluding tert-OH is 2. The Kier molecular flexibility index (Phi) is 4.80. The maximum Gasteiger partial charge on any atom is 0.364 e. The van der Waals surface area contributed by atoms with Gasteiger partial charge in [0, 0.05) is 0 Å². The van der Waals surface area contributed by atoms with E-state index in [1.165, 1.54) is 0 Å². The number of ether oxygens (including phenoxy) is 1. The summed E-state index contributed by atoms with van der Waals surface area (Å²) in [6, 6.07) is 0. The lowest BCUT2D eigenvalue weighted by Crippen LogP contribution is -2.48. The zero-order valence-electron chi connectivity index (χ0n) is 13.5. The molecule has 0 aromatic carbocycles. The Labute approximate surface area is 153 Å². The monoisotopic (exact) mass is 443 g/mol. The van der Waals surface area contributed by atoms with Crippen molar-refractivity contribution >= 4 is 32.3 Å². The van der Waals surface area contributed by atoms with Crippen molar-refractivity contribution in [2.75, 3.05) is 5.73 Å². The Morgan fingerprint density at radius 2 is 1.93 bits per heavy atom. The van der Waals surface area contributed by atoms with Crippen LogP contribution in [0.25, 0.3) is 11.2 Å². The second-order valence-corrected chi connectivity index (χ2v) is 9.51. The summed E-state index contributed by atoms with van der Waals surface area (Å²) in [5.41, 5.74) is 3.77. The summed E-state index contributed by atoms with van der Waals surface area (Å²) < 4.78 is 28.9. The van der Waals surface area contributed by atoms with Crippen LogP contribution in [0.5, 0.6) is 0 Å². The molecule has 18 heteroatoms. The van der Waals surface area contributed by atoms with E-state index in [0.29, 0.717) is 4.57 Å². The number of imidazole rings is 1. The molecule has 1 unspecified atom stereocenters. The third-order valence-corrected chi connectivity index (χ3v) is 6.61. The van der Waals surface area contributed by atoms with Gasteiger partial charge in [-0.3, -0.25) is 23.5 Å². The fraction of sp³-hybridized carbons (Fsp3) is 0.500. The number of nitrogens with zero attached hydrogens (tertiary/aromatic N) is 3. The molecule has 5 atom stereocenters. The predicted molar refractivity (Wildman–Crippen MR) is 87.5 cm³/mol. The highest BCUT2D eigenvalue weighted by Gasteiger charge is 2.69. The van der Waals surface area contributed by atoms with Crippen molar-refractivity contribution in [3.05, 3.63) is 16.7 Å². The number of aromatic nitrogens is 4. The van der Waals surface area contributed by atoms with Crippen molar-refractivity contribution in [2.24, 2.45) is 0 Å². The van der Waals surface area contributed by atoms with Crippen molar-refractivity contribution in [2.45, 2.75) is 29.6 Å². The lowest BCUT2D eigenvalue weighted by molar-refractivity contribution is -0.0765. The lowest BCUT2D eigenvalue weighted by Gasteiger charge is -2.31. The third kappa shape index (κ3) is 3.00. The first-order chi connectivity index (χ1) is 12.7. The highest BCUT2D eigenvalue weighted by atomic mass is 31.2. The molecular weight excluding hydrogens is 428 g/mol. The van der Waals surface area contributed by atoms with Gasteiger partial charge in [-0.2, -0.15) is 4.98 Å². The zero-order valence-corrected chi connectivity index (χ0v) is 15.3. The summed E-state index contributed by atoms with van der Waals surface area (Å²) in [4.78, 5) is 58.7. The largest absolute Gasteiger partial charge is 0.386 e. The molecule has 1 saturated heterocycles. The van der Waals surface area contributed by atoms with E-state index in [2.05, 4.69) is 15.0 Å². The first-order valence-corrected chi connectivity index (χ1v) is 10.6. The van der Waals surface area contributed by atoms with Gasteiger partial charge in [-0.25, -0.2) is 4.98 Å². The van der Waals surface area contributed by atoms with E-state index in [-0.39, 0.29) is 5.52 Å². The molecule has 2 aromatic heterocycles. The first-order valence-electron chi connectivity index (χ1n) is 7.26. The summed E-state index contributed by atoms with van der Waals surface area (Å²) >= 11 is 0. The molecule has 156 valence electrons. The van der Waals surface area contributed by atoms with Gasteiger partial charge in [0.15, 0.2) is 23.2 Å². The number of nitrogen functional groups attached to an aromatic ring is 1. The van der Waals surface area contributed by atoms with Crippen LogP contribution < -0.4 is 11.3 Å². The quantitative estimate of drug-likeness (QED) is 0.206. The first kappa shape index (κ1) is 21.0. The molecule has 28 heavy (non-hydrogen) atoms. The van der Waals surface area contributed by atoms with E-state index >= 15 is 0 Å². The van der Waals surface area contributed by atoms with Gasteiger partial charge in [0.1, 0.15) is 12.2 Å². The highest BCUT2D eigenvalue weighted by molar-refractivity contribution is 7.53. The Morgan fingerprint density at radius 3 is 2.46 bits per heavy atom. The molecule has 2 aromatic rings. The van der Waals surface area contributed by atoms with Crippen LogP contribution in [-0.2, 0) is 13.9 Å². The fourth-order valence-electron chi connectivity index (χ4n) is 2.84. The van der Waals surface area contributed by atoms with Crippen molar-refractivity contribution in [3.63, 3.8) is 0 Å². The Morgan fingerprint density at radius 1 is 1.32 bits per heavy atom. The van der Waals surface area contributed by atoms with Gasteiger partial charge in [0.2, 0.25) is 11.3 Å². The van der Waals surface area contributed by atoms with Gasteiger partial charge in [0.25, 0.3) is 5.56 Å². The molecule has 0 bridgehead atoms. The van der Waals surface area contributed by atoms with Crippen molar-refractivity contribution in [1.82, 2.24) is 19.5 Å². The molecule has 0 saturated carbocycles. The average molecular weight is 443 g/mol. The van der Waals surface area contributed by atoms with Crippen LogP contribution >= 0.6 is 15.2 Å². The predicted octanol–water partition coefficient (Wildman–Crippen LogP) is -3.68. The van der Waals surface area contributed by atoms with Crippen molar-refractivity contribution in [3.8, 4) is 0 Å². The van der Waals surface area contributed by atoms with Crippen LogP contribution in [0, 0.1) is 0 Å². The number of aromatic amines is 1. The van der Waals surface area contributed by atoms with Crippen LogP contribution in [0.3, 0.4) is 0 Å². The van der Waals surface area contributed by atoms with E-state index in [1.54, 1.807) is 0 Å². The van der Waals surface area contributed by atoms with Crippen LogP contribution in [0.15, 0.2) is 11.1 Å². The molecule has 0 amide bonds. The second kappa shape index (κ2) is 6.40. The third-order valence-electron chi connectivity index (χ3n) is 4.20. The Balaban J connectivity index is 2.23. The minimum Gasteiger partial charge on any atom is -0.386 e. The summed E-state index contributed by atoms with van der Waals surface area (Å²) in [5.74, 6) is -3.16. The highest BCUT2D eigenvalue weighted by Crippen LogP contribution is 2.62. The minimum atomic E-state index is -5.69. The number of hydrogen-bond donors (Lipinski definition) is 9. The zero-order chi connectivity index (χ0) is 21.2. The number of nitrogens with one attached hydrogen (secondary N) is 1. The molecule has 1 fully saturated rings. The summed E-state index contributed by atoms with van der Waals surface area (Å²) in [6.45, 7) is 0. The molecule has 16 nitrogen and oxygen atoms in total. The number of H-pyrrole nitrogens is 1. The number of rotatable bonds is 4. The maximum atomic E-state index is 11.9. The number of fused-ring (bicyclic) bond motifs is 1. The normalized spacial score (nSPS) is 30.0. The Hall–Kier alpha value is -1.71. The van der Waals surface area contributed by atoms with Crippen LogP contribution in [-0.4, -0.2) is 77.8 Å². The molecule has 3 rings (SSSR count). The minimum absolute atomic E-state index is 0.376. The molecule has 1 aliphatic rings. The SMILES string of the molecule is Nc1nc2c(ncn2[C@@H]2O[C@H](C(O)P(=O)(O)O)[C@@H](O)[C@]2(O)P(=O)(O)O)c(=O)[nH]1. The molecular formula is C10H15N5O11P2. The smallest absolute Gasteiger partial charge is 0.364 e. The molecule has 10 N–H and O–H groups in total. The average Bonchev–Trinajstić information content (AvgIpc) is 3.06. The molecule has 0 radical (unpaired) electrons. The molecule has 0 spiro atoms. The van der Waals surface area contributed by atoms with Crippen LogP contribution in [0.2, 0.25) is 0 Å². The van der Waals surface area contributed by atoms with Gasteiger partial charge in [-0.15, -0.1) is 0 Å². The number of aliphatic hydroxyl groups is 3. The van der Waals surface area contributed by atoms with E-state index < -0.39 is 62.0 Å². The Bertz CT molecular complexity index is 1070. The second-order valence-electron chi connectivity index (χ2n) is 6.00. The van der Waals surface area contributed by atoms with E-state index in [9.17, 15) is 39.0 Å². The van der Waals surface area contributed by atoms with Gasteiger partial charge in [-0.05, 0) is 0 Å². The van der Waals surface area contributed by atoms with Crippen molar-refractivity contribution in [1.29, 1.82) is 0 Å². The molecule has 3 heterocycles. The summed E-state index contributed by atoms with van der Waals surface area (Å²) in [5, 5.41) is 27.1. The topological polar surface area (TPSA) is 275 Å².